The van der Waals surface area contributed by atoms with Crippen molar-refractivity contribution in [1.82, 2.24) is 15.0 Å². The highest BCUT2D eigenvalue weighted by Crippen LogP contribution is 2.30. The number of aliphatic hydroxyl groups is 1. The van der Waals surface area contributed by atoms with Crippen molar-refractivity contribution in [2.45, 2.75) is 33.7 Å². The average Bonchev–Trinajstić information content (AvgIpc) is 2.72. The van der Waals surface area contributed by atoms with Gasteiger partial charge in [0.15, 0.2) is 0 Å². The van der Waals surface area contributed by atoms with Crippen LogP contribution in [0.25, 0.3) is 11.4 Å². The predicted molar refractivity (Wildman–Crippen MR) is 119 cm³/mol. The van der Waals surface area contributed by atoms with E-state index in [0.29, 0.717) is 22.5 Å². The Morgan fingerprint density at radius 3 is 2.52 bits per heavy atom. The van der Waals surface area contributed by atoms with Gasteiger partial charge in [0.2, 0.25) is 5.95 Å². The minimum atomic E-state index is -0.156. The molecule has 2 aromatic heterocycles. The van der Waals surface area contributed by atoms with Gasteiger partial charge in [0.05, 0.1) is 24.0 Å². The summed E-state index contributed by atoms with van der Waals surface area (Å²) in [6.07, 6.45) is 1.73. The molecule has 1 aromatic carbocycles. The number of benzene rings is 1. The van der Waals surface area contributed by atoms with Crippen LogP contribution in [-0.4, -0.2) is 32.7 Å². The van der Waals surface area contributed by atoms with Crippen molar-refractivity contribution in [1.29, 1.82) is 0 Å². The SMILES string of the molecule is Cc1ccc(Cl)c(C)c1Nc1cc(-c2ccccn2)nc(N[C@@H](CO)C(C)C)n1. The fourth-order valence-electron chi connectivity index (χ4n) is 2.95. The number of hydrogen-bond acceptors (Lipinski definition) is 6. The van der Waals surface area contributed by atoms with E-state index in [1.54, 1.807) is 6.20 Å². The topological polar surface area (TPSA) is 83.0 Å². The van der Waals surface area contributed by atoms with Gasteiger partial charge in [0.1, 0.15) is 5.82 Å². The molecule has 0 aliphatic carbocycles. The fraction of sp³-hybridized carbons (Fsp3) is 0.318. The summed E-state index contributed by atoms with van der Waals surface area (Å²) in [7, 11) is 0. The highest BCUT2D eigenvalue weighted by molar-refractivity contribution is 6.31. The highest BCUT2D eigenvalue weighted by Gasteiger charge is 2.16. The van der Waals surface area contributed by atoms with Crippen LogP contribution in [0.3, 0.4) is 0 Å². The molecule has 3 N–H and O–H groups in total. The van der Waals surface area contributed by atoms with Crippen LogP contribution in [0.1, 0.15) is 25.0 Å². The third kappa shape index (κ3) is 5.02. The van der Waals surface area contributed by atoms with Crippen LogP contribution in [-0.2, 0) is 0 Å². The molecule has 29 heavy (non-hydrogen) atoms. The van der Waals surface area contributed by atoms with Crippen LogP contribution >= 0.6 is 11.6 Å². The first-order valence-electron chi connectivity index (χ1n) is 9.59. The van der Waals surface area contributed by atoms with Gasteiger partial charge in [-0.25, -0.2) is 4.98 Å². The maximum Gasteiger partial charge on any atom is 0.225 e. The normalized spacial score (nSPS) is 12.1. The summed E-state index contributed by atoms with van der Waals surface area (Å²) in [5.74, 6) is 1.27. The van der Waals surface area contributed by atoms with Crippen molar-refractivity contribution in [2.75, 3.05) is 17.2 Å². The number of hydrogen-bond donors (Lipinski definition) is 3. The van der Waals surface area contributed by atoms with Gasteiger partial charge in [-0.3, -0.25) is 4.98 Å². The molecule has 3 rings (SSSR count). The Balaban J connectivity index is 2.04. The largest absolute Gasteiger partial charge is 0.394 e. The van der Waals surface area contributed by atoms with Crippen LogP contribution < -0.4 is 10.6 Å². The van der Waals surface area contributed by atoms with Gasteiger partial charge < -0.3 is 15.7 Å². The molecule has 2 heterocycles. The molecule has 0 aliphatic heterocycles. The van der Waals surface area contributed by atoms with E-state index in [-0.39, 0.29) is 18.6 Å². The van der Waals surface area contributed by atoms with Crippen LogP contribution in [0.5, 0.6) is 0 Å². The van der Waals surface area contributed by atoms with E-state index in [1.807, 2.05) is 64.1 Å². The van der Waals surface area contributed by atoms with Crippen molar-refractivity contribution in [2.24, 2.45) is 5.92 Å². The minimum Gasteiger partial charge on any atom is -0.394 e. The first-order chi connectivity index (χ1) is 13.9. The molecule has 0 unspecified atom stereocenters. The molecule has 0 saturated heterocycles. The molecule has 1 atom stereocenters. The van der Waals surface area contributed by atoms with E-state index in [0.717, 1.165) is 22.5 Å². The molecule has 6 nitrogen and oxygen atoms in total. The Hall–Kier alpha value is -2.70. The number of rotatable bonds is 7. The van der Waals surface area contributed by atoms with E-state index >= 15 is 0 Å². The van der Waals surface area contributed by atoms with Crippen molar-refractivity contribution in [3.8, 4) is 11.4 Å². The van der Waals surface area contributed by atoms with Gasteiger partial charge in [0.25, 0.3) is 0 Å². The van der Waals surface area contributed by atoms with E-state index in [4.69, 9.17) is 11.6 Å². The first kappa shape index (κ1) is 21.0. The lowest BCUT2D eigenvalue weighted by Crippen LogP contribution is -2.30. The van der Waals surface area contributed by atoms with E-state index in [9.17, 15) is 5.11 Å². The average molecular weight is 412 g/mol. The van der Waals surface area contributed by atoms with Gasteiger partial charge in [-0.1, -0.05) is 37.6 Å². The quantitative estimate of drug-likeness (QED) is 0.508. The Morgan fingerprint density at radius 1 is 1.07 bits per heavy atom. The predicted octanol–water partition coefficient (Wildman–Crippen LogP) is 4.98. The van der Waals surface area contributed by atoms with Crippen molar-refractivity contribution in [3.05, 3.63) is 58.7 Å². The van der Waals surface area contributed by atoms with Crippen LogP contribution in [0.15, 0.2) is 42.6 Å². The molecular formula is C22H26ClN5O. The standard InChI is InChI=1S/C22H26ClN5O/c1-13(2)19(12-29)26-22-25-18(17-7-5-6-10-24-17)11-20(28-22)27-21-14(3)8-9-16(23)15(21)4/h5-11,13,19,29H,12H2,1-4H3,(H2,25,26,27,28)/t19-/m0/s1. The number of halogens is 1. The van der Waals surface area contributed by atoms with Crippen molar-refractivity contribution >= 4 is 29.1 Å². The Labute approximate surface area is 176 Å². The third-order valence-electron chi connectivity index (χ3n) is 4.83. The summed E-state index contributed by atoms with van der Waals surface area (Å²) in [6.45, 7) is 8.05. The number of aryl methyl sites for hydroxylation is 1. The van der Waals surface area contributed by atoms with Crippen LogP contribution in [0.4, 0.5) is 17.5 Å². The smallest absolute Gasteiger partial charge is 0.225 e. The Bertz CT molecular complexity index is 978. The second-order valence-electron chi connectivity index (χ2n) is 7.34. The summed E-state index contributed by atoms with van der Waals surface area (Å²) in [6, 6.07) is 11.2. The van der Waals surface area contributed by atoms with Gasteiger partial charge in [-0.2, -0.15) is 4.98 Å². The first-order valence-corrected chi connectivity index (χ1v) is 9.97. The molecule has 0 fully saturated rings. The molecular weight excluding hydrogens is 386 g/mol. The van der Waals surface area contributed by atoms with E-state index < -0.39 is 0 Å². The monoisotopic (exact) mass is 411 g/mol. The molecule has 0 radical (unpaired) electrons. The zero-order chi connectivity index (χ0) is 21.0. The molecule has 0 aliphatic rings. The van der Waals surface area contributed by atoms with Gasteiger partial charge in [-0.05, 0) is 49.1 Å². The van der Waals surface area contributed by atoms with Crippen molar-refractivity contribution in [3.63, 3.8) is 0 Å². The summed E-state index contributed by atoms with van der Waals surface area (Å²) < 4.78 is 0. The lowest BCUT2D eigenvalue weighted by Gasteiger charge is -2.21. The zero-order valence-electron chi connectivity index (χ0n) is 17.1. The summed E-state index contributed by atoms with van der Waals surface area (Å²) in [5, 5.41) is 17.0. The van der Waals surface area contributed by atoms with Crippen LogP contribution in [0, 0.1) is 19.8 Å². The lowest BCUT2D eigenvalue weighted by atomic mass is 10.1. The van der Waals surface area contributed by atoms with Crippen LogP contribution in [0.2, 0.25) is 5.02 Å². The maximum atomic E-state index is 9.69. The molecule has 3 aromatic rings. The summed E-state index contributed by atoms with van der Waals surface area (Å²) in [5.41, 5.74) is 4.36. The van der Waals surface area contributed by atoms with Gasteiger partial charge >= 0.3 is 0 Å². The number of nitrogens with zero attached hydrogens (tertiary/aromatic N) is 3. The number of pyridine rings is 1. The summed E-state index contributed by atoms with van der Waals surface area (Å²) in [4.78, 5) is 13.6. The molecule has 7 heteroatoms. The van der Waals surface area contributed by atoms with Crippen molar-refractivity contribution < 1.29 is 5.11 Å². The Kier molecular flexibility index (Phi) is 6.67. The lowest BCUT2D eigenvalue weighted by molar-refractivity contribution is 0.248. The third-order valence-corrected chi connectivity index (χ3v) is 5.24. The van der Waals surface area contributed by atoms with Gasteiger partial charge in [0, 0.05) is 23.0 Å². The minimum absolute atomic E-state index is 0.00981. The second-order valence-corrected chi connectivity index (χ2v) is 7.75. The van der Waals surface area contributed by atoms with Gasteiger partial charge in [-0.15, -0.1) is 0 Å². The zero-order valence-corrected chi connectivity index (χ0v) is 17.8. The molecule has 0 bridgehead atoms. The molecule has 0 saturated carbocycles. The number of aromatic nitrogens is 3. The summed E-state index contributed by atoms with van der Waals surface area (Å²) >= 11 is 6.31. The highest BCUT2D eigenvalue weighted by atomic mass is 35.5. The fourth-order valence-corrected chi connectivity index (χ4v) is 3.11. The molecule has 0 amide bonds. The number of nitrogens with one attached hydrogen (secondary N) is 2. The van der Waals surface area contributed by atoms with E-state index in [1.165, 1.54) is 0 Å². The number of aliphatic hydroxyl groups excluding tert-OH is 1. The Morgan fingerprint density at radius 2 is 1.86 bits per heavy atom. The number of anilines is 3. The molecule has 152 valence electrons. The molecule has 0 spiro atoms. The second kappa shape index (κ2) is 9.20. The van der Waals surface area contributed by atoms with E-state index in [2.05, 4.69) is 25.6 Å². The maximum absolute atomic E-state index is 9.69.